The molecule has 0 spiro atoms. The Kier molecular flexibility index (Phi) is 5.75. The minimum atomic E-state index is 0.119. The van der Waals surface area contributed by atoms with Crippen molar-refractivity contribution in [2.45, 2.75) is 31.7 Å². The van der Waals surface area contributed by atoms with E-state index in [1.807, 2.05) is 60.5 Å². The van der Waals surface area contributed by atoms with Crippen LogP contribution in [-0.4, -0.2) is 53.9 Å². The molecular weight excluding hydrogens is 418 g/mol. The standard InChI is InChI=1S/C27H28ClN3O/c1-30-15-13-20(14-16-30)31(2)27(32)25-21-8-4-6-10-24(21)29-26-19(11-12-22(25)26)17-18-7-3-5-9-23(18)28/h3-10,17,20H,11-16H2,1-2H3/b19-17-. The maximum Gasteiger partial charge on any atom is 0.254 e. The number of para-hydroxylation sites is 1. The number of nitrogens with zero attached hydrogens (tertiary/aromatic N) is 3. The van der Waals surface area contributed by atoms with Crippen LogP contribution >= 0.6 is 11.6 Å². The van der Waals surface area contributed by atoms with E-state index in [9.17, 15) is 4.79 Å². The minimum absolute atomic E-state index is 0.119. The van der Waals surface area contributed by atoms with Gasteiger partial charge in [0.15, 0.2) is 0 Å². The molecule has 0 bridgehead atoms. The summed E-state index contributed by atoms with van der Waals surface area (Å²) in [4.78, 5) is 23.2. The Morgan fingerprint density at radius 3 is 2.59 bits per heavy atom. The van der Waals surface area contributed by atoms with Crippen LogP contribution in [0, 0.1) is 0 Å². The predicted molar refractivity (Wildman–Crippen MR) is 132 cm³/mol. The maximum absolute atomic E-state index is 13.9. The summed E-state index contributed by atoms with van der Waals surface area (Å²) in [6.07, 6.45) is 5.85. The Labute approximate surface area is 194 Å². The first-order valence-electron chi connectivity index (χ1n) is 11.4. The fourth-order valence-corrected chi connectivity index (χ4v) is 5.22. The van der Waals surface area contributed by atoms with Crippen LogP contribution in [0.3, 0.4) is 0 Å². The van der Waals surface area contributed by atoms with Gasteiger partial charge >= 0.3 is 0 Å². The lowest BCUT2D eigenvalue weighted by atomic mass is 9.97. The highest BCUT2D eigenvalue weighted by atomic mass is 35.5. The number of fused-ring (bicyclic) bond motifs is 2. The average molecular weight is 446 g/mol. The minimum Gasteiger partial charge on any atom is -0.339 e. The quantitative estimate of drug-likeness (QED) is 0.531. The zero-order valence-corrected chi connectivity index (χ0v) is 19.4. The third-order valence-electron chi connectivity index (χ3n) is 6.95. The lowest BCUT2D eigenvalue weighted by molar-refractivity contribution is 0.0660. The van der Waals surface area contributed by atoms with Gasteiger partial charge < -0.3 is 9.80 Å². The van der Waals surface area contributed by atoms with Crippen LogP contribution in [0.2, 0.25) is 5.02 Å². The number of carbonyl (C=O) groups is 1. The summed E-state index contributed by atoms with van der Waals surface area (Å²) < 4.78 is 0. The number of piperidine rings is 1. The molecule has 1 aromatic heterocycles. The molecule has 1 amide bonds. The first-order valence-corrected chi connectivity index (χ1v) is 11.7. The Balaban J connectivity index is 1.59. The summed E-state index contributed by atoms with van der Waals surface area (Å²) in [5.41, 5.74) is 5.86. The second kappa shape index (κ2) is 8.68. The molecule has 2 aromatic carbocycles. The van der Waals surface area contributed by atoms with Gasteiger partial charge in [0, 0.05) is 23.5 Å². The van der Waals surface area contributed by atoms with Crippen LogP contribution in [0.25, 0.3) is 22.6 Å². The van der Waals surface area contributed by atoms with Gasteiger partial charge in [-0.3, -0.25) is 4.79 Å². The van der Waals surface area contributed by atoms with E-state index in [1.54, 1.807) is 0 Å². The smallest absolute Gasteiger partial charge is 0.254 e. The Morgan fingerprint density at radius 2 is 1.81 bits per heavy atom. The molecule has 0 atom stereocenters. The number of hydrogen-bond donors (Lipinski definition) is 0. The highest BCUT2D eigenvalue weighted by molar-refractivity contribution is 6.32. The molecule has 0 saturated carbocycles. The van der Waals surface area contributed by atoms with E-state index in [2.05, 4.69) is 18.0 Å². The normalized spacial score (nSPS) is 18.3. The third kappa shape index (κ3) is 3.82. The number of hydrogen-bond acceptors (Lipinski definition) is 3. The van der Waals surface area contributed by atoms with Crippen molar-refractivity contribution >= 4 is 40.1 Å². The lowest BCUT2D eigenvalue weighted by Gasteiger charge is -2.35. The van der Waals surface area contributed by atoms with Crippen LogP contribution in [-0.2, 0) is 6.42 Å². The van der Waals surface area contributed by atoms with Crippen molar-refractivity contribution in [1.29, 1.82) is 0 Å². The predicted octanol–water partition coefficient (Wildman–Crippen LogP) is 5.54. The first-order chi connectivity index (χ1) is 15.5. The van der Waals surface area contributed by atoms with Crippen molar-refractivity contribution < 1.29 is 4.79 Å². The van der Waals surface area contributed by atoms with Gasteiger partial charge in [0.2, 0.25) is 0 Å². The zero-order chi connectivity index (χ0) is 22.2. The molecule has 3 aromatic rings. The molecule has 5 rings (SSSR count). The summed E-state index contributed by atoms with van der Waals surface area (Å²) in [5.74, 6) is 0.119. The summed E-state index contributed by atoms with van der Waals surface area (Å²) in [7, 11) is 4.11. The van der Waals surface area contributed by atoms with E-state index in [-0.39, 0.29) is 11.9 Å². The molecular formula is C27H28ClN3O. The number of carbonyl (C=O) groups excluding carboxylic acids is 1. The fourth-order valence-electron chi connectivity index (χ4n) is 5.03. The molecule has 32 heavy (non-hydrogen) atoms. The molecule has 1 aliphatic heterocycles. The molecule has 4 nitrogen and oxygen atoms in total. The number of aromatic nitrogens is 1. The summed E-state index contributed by atoms with van der Waals surface area (Å²) in [6, 6.07) is 16.2. The molecule has 0 radical (unpaired) electrons. The van der Waals surface area contributed by atoms with Gasteiger partial charge in [0.25, 0.3) is 5.91 Å². The van der Waals surface area contributed by atoms with E-state index < -0.39 is 0 Å². The third-order valence-corrected chi connectivity index (χ3v) is 7.29. The van der Waals surface area contributed by atoms with Gasteiger partial charge in [-0.05, 0) is 80.7 Å². The van der Waals surface area contributed by atoms with E-state index in [0.29, 0.717) is 0 Å². The lowest BCUT2D eigenvalue weighted by Crippen LogP contribution is -2.44. The number of likely N-dealkylation sites (tertiary alicyclic amines) is 1. The van der Waals surface area contributed by atoms with Crippen molar-refractivity contribution in [2.75, 3.05) is 27.2 Å². The van der Waals surface area contributed by atoms with Crippen molar-refractivity contribution in [2.24, 2.45) is 0 Å². The van der Waals surface area contributed by atoms with E-state index in [4.69, 9.17) is 16.6 Å². The molecule has 1 aliphatic carbocycles. The van der Waals surface area contributed by atoms with Crippen LogP contribution in [0.1, 0.15) is 46.4 Å². The molecule has 2 heterocycles. The monoisotopic (exact) mass is 445 g/mol. The van der Waals surface area contributed by atoms with Gasteiger partial charge in [-0.15, -0.1) is 0 Å². The van der Waals surface area contributed by atoms with Crippen molar-refractivity contribution in [1.82, 2.24) is 14.8 Å². The van der Waals surface area contributed by atoms with Crippen LogP contribution in [0.5, 0.6) is 0 Å². The largest absolute Gasteiger partial charge is 0.339 e. The maximum atomic E-state index is 13.9. The Bertz CT molecular complexity index is 1210. The molecule has 0 N–H and O–H groups in total. The molecule has 1 saturated heterocycles. The Morgan fingerprint density at radius 1 is 1.09 bits per heavy atom. The Hall–Kier alpha value is -2.69. The second-order valence-electron chi connectivity index (χ2n) is 8.97. The number of rotatable bonds is 3. The van der Waals surface area contributed by atoms with Crippen LogP contribution in [0.15, 0.2) is 48.5 Å². The molecule has 5 heteroatoms. The highest BCUT2D eigenvalue weighted by Gasteiger charge is 2.31. The molecule has 0 unspecified atom stereocenters. The second-order valence-corrected chi connectivity index (χ2v) is 9.38. The summed E-state index contributed by atoms with van der Waals surface area (Å²) >= 11 is 6.42. The zero-order valence-electron chi connectivity index (χ0n) is 18.6. The number of amides is 1. The van der Waals surface area contributed by atoms with Gasteiger partial charge in [0.05, 0.1) is 16.8 Å². The summed E-state index contributed by atoms with van der Waals surface area (Å²) in [6.45, 7) is 2.06. The average Bonchev–Trinajstić information content (AvgIpc) is 3.20. The number of pyridine rings is 1. The number of benzene rings is 2. The molecule has 164 valence electrons. The van der Waals surface area contributed by atoms with Gasteiger partial charge in [0.1, 0.15) is 0 Å². The van der Waals surface area contributed by atoms with E-state index in [1.165, 1.54) is 0 Å². The first kappa shape index (κ1) is 21.2. The summed E-state index contributed by atoms with van der Waals surface area (Å²) in [5, 5.41) is 1.68. The molecule has 2 aliphatic rings. The van der Waals surface area contributed by atoms with Crippen LogP contribution in [0.4, 0.5) is 0 Å². The van der Waals surface area contributed by atoms with Gasteiger partial charge in [-0.2, -0.15) is 0 Å². The SMILES string of the molecule is CN1CCC(N(C)C(=O)c2c3c(nc4ccccc24)/C(=C\c2ccccc2Cl)CC3)CC1. The highest BCUT2D eigenvalue weighted by Crippen LogP contribution is 2.39. The molecule has 1 fully saturated rings. The van der Waals surface area contributed by atoms with Crippen LogP contribution < -0.4 is 0 Å². The van der Waals surface area contributed by atoms with E-state index in [0.717, 1.165) is 82.7 Å². The van der Waals surface area contributed by atoms with Crippen molar-refractivity contribution in [3.63, 3.8) is 0 Å². The van der Waals surface area contributed by atoms with Gasteiger partial charge in [-0.25, -0.2) is 4.98 Å². The van der Waals surface area contributed by atoms with Crippen molar-refractivity contribution in [3.8, 4) is 0 Å². The topological polar surface area (TPSA) is 36.4 Å². The van der Waals surface area contributed by atoms with Gasteiger partial charge in [-0.1, -0.05) is 48.0 Å². The number of allylic oxidation sites excluding steroid dienone is 1. The number of halogens is 1. The fraction of sp³-hybridized carbons (Fsp3) is 0.333. The van der Waals surface area contributed by atoms with E-state index >= 15 is 0 Å². The van der Waals surface area contributed by atoms with Crippen molar-refractivity contribution in [3.05, 3.63) is 75.9 Å².